The Balaban J connectivity index is 2.38. The highest BCUT2D eigenvalue weighted by atomic mass is 15.1. The molecule has 2 heterocycles. The maximum absolute atomic E-state index is 4.55. The number of nitrogens with one attached hydrogen (secondary N) is 1. The molecule has 0 aliphatic carbocycles. The largest absolute Gasteiger partial charge is 0.370 e. The Morgan fingerprint density at radius 3 is 2.72 bits per heavy atom. The predicted molar refractivity (Wildman–Crippen MR) is 72.4 cm³/mol. The highest BCUT2D eigenvalue weighted by molar-refractivity contribution is 5.52. The minimum Gasteiger partial charge on any atom is -0.370 e. The number of hydrogen-bond acceptors (Lipinski definition) is 4. The van der Waals surface area contributed by atoms with Crippen molar-refractivity contribution in [1.82, 2.24) is 19.5 Å². The molecular formula is C13H19N5. The van der Waals surface area contributed by atoms with Gasteiger partial charge in [-0.25, -0.2) is 15.0 Å². The third-order valence-corrected chi connectivity index (χ3v) is 2.74. The van der Waals surface area contributed by atoms with Crippen LogP contribution in [0.15, 0.2) is 18.6 Å². The van der Waals surface area contributed by atoms with Crippen LogP contribution in [0.5, 0.6) is 0 Å². The van der Waals surface area contributed by atoms with E-state index in [0.717, 1.165) is 42.4 Å². The molecule has 0 aliphatic rings. The first-order chi connectivity index (χ1) is 8.74. The van der Waals surface area contributed by atoms with Gasteiger partial charge in [-0.1, -0.05) is 13.8 Å². The zero-order chi connectivity index (χ0) is 13.0. The maximum Gasteiger partial charge on any atom is 0.180 e. The summed E-state index contributed by atoms with van der Waals surface area (Å²) in [7, 11) is 1.95. The van der Waals surface area contributed by atoms with Crippen LogP contribution in [0.2, 0.25) is 0 Å². The highest BCUT2D eigenvalue weighted by Gasteiger charge is 2.09. The molecule has 0 aliphatic heterocycles. The predicted octanol–water partition coefficient (Wildman–Crippen LogP) is 2.26. The van der Waals surface area contributed by atoms with Crippen LogP contribution < -0.4 is 5.32 Å². The van der Waals surface area contributed by atoms with Gasteiger partial charge in [-0.15, -0.1) is 0 Å². The van der Waals surface area contributed by atoms with Gasteiger partial charge < -0.3 is 9.88 Å². The molecule has 2 rings (SSSR count). The first-order valence-electron chi connectivity index (χ1n) is 6.33. The van der Waals surface area contributed by atoms with Gasteiger partial charge in [0.1, 0.15) is 11.5 Å². The van der Waals surface area contributed by atoms with Gasteiger partial charge in [0.2, 0.25) is 0 Å². The molecule has 5 heteroatoms. The standard InChI is InChI=1S/C13H19N5/c1-4-6-15-12-7-10(5-2)16-13(17-12)11-8-14-9-18(11)3/h7-9H,4-6H2,1-3H3,(H,15,16,17). The topological polar surface area (TPSA) is 55.6 Å². The second-order valence-electron chi connectivity index (χ2n) is 4.24. The van der Waals surface area contributed by atoms with E-state index in [2.05, 4.69) is 34.1 Å². The van der Waals surface area contributed by atoms with Crippen LogP contribution in [0.4, 0.5) is 5.82 Å². The Morgan fingerprint density at radius 1 is 1.28 bits per heavy atom. The van der Waals surface area contributed by atoms with E-state index in [0.29, 0.717) is 0 Å². The van der Waals surface area contributed by atoms with Crippen LogP contribution in [0.3, 0.4) is 0 Å². The number of aryl methyl sites for hydroxylation is 2. The van der Waals surface area contributed by atoms with E-state index in [4.69, 9.17) is 0 Å². The monoisotopic (exact) mass is 245 g/mol. The molecule has 2 aromatic heterocycles. The third kappa shape index (κ3) is 2.67. The molecule has 1 N–H and O–H groups in total. The van der Waals surface area contributed by atoms with E-state index in [1.807, 2.05) is 17.7 Å². The van der Waals surface area contributed by atoms with Crippen molar-refractivity contribution in [3.63, 3.8) is 0 Å². The van der Waals surface area contributed by atoms with E-state index >= 15 is 0 Å². The van der Waals surface area contributed by atoms with E-state index in [9.17, 15) is 0 Å². The lowest BCUT2D eigenvalue weighted by atomic mass is 10.3. The van der Waals surface area contributed by atoms with Gasteiger partial charge in [-0.3, -0.25) is 0 Å². The number of rotatable bonds is 5. The van der Waals surface area contributed by atoms with Crippen LogP contribution in [0, 0.1) is 0 Å². The Hall–Kier alpha value is -1.91. The van der Waals surface area contributed by atoms with Crippen molar-refractivity contribution in [3.8, 4) is 11.5 Å². The molecule has 0 saturated heterocycles. The summed E-state index contributed by atoms with van der Waals surface area (Å²) in [4.78, 5) is 13.2. The van der Waals surface area contributed by atoms with Gasteiger partial charge in [0, 0.05) is 25.4 Å². The summed E-state index contributed by atoms with van der Waals surface area (Å²) in [5, 5.41) is 3.31. The lowest BCUT2D eigenvalue weighted by Gasteiger charge is -2.08. The van der Waals surface area contributed by atoms with Crippen molar-refractivity contribution in [2.75, 3.05) is 11.9 Å². The van der Waals surface area contributed by atoms with Crippen molar-refractivity contribution in [2.24, 2.45) is 7.05 Å². The lowest BCUT2D eigenvalue weighted by Crippen LogP contribution is -2.06. The van der Waals surface area contributed by atoms with Crippen LogP contribution in [0.25, 0.3) is 11.5 Å². The van der Waals surface area contributed by atoms with Crippen LogP contribution in [-0.4, -0.2) is 26.1 Å². The van der Waals surface area contributed by atoms with E-state index < -0.39 is 0 Å². The summed E-state index contributed by atoms with van der Waals surface area (Å²) in [5.74, 6) is 1.62. The molecule has 0 aromatic carbocycles. The number of nitrogens with zero attached hydrogens (tertiary/aromatic N) is 4. The van der Waals surface area contributed by atoms with Gasteiger partial charge in [0.25, 0.3) is 0 Å². The van der Waals surface area contributed by atoms with Gasteiger partial charge in [0.05, 0.1) is 12.5 Å². The fourth-order valence-electron chi connectivity index (χ4n) is 1.71. The summed E-state index contributed by atoms with van der Waals surface area (Å²) < 4.78 is 1.93. The average Bonchev–Trinajstić information content (AvgIpc) is 2.82. The normalized spacial score (nSPS) is 10.6. The summed E-state index contributed by atoms with van der Waals surface area (Å²) in [6.07, 6.45) is 5.52. The van der Waals surface area contributed by atoms with Crippen molar-refractivity contribution >= 4 is 5.82 Å². The molecule has 0 atom stereocenters. The highest BCUT2D eigenvalue weighted by Crippen LogP contribution is 2.17. The van der Waals surface area contributed by atoms with E-state index in [-0.39, 0.29) is 0 Å². The van der Waals surface area contributed by atoms with Crippen LogP contribution in [-0.2, 0) is 13.5 Å². The first kappa shape index (κ1) is 12.5. The summed E-state index contributed by atoms with van der Waals surface area (Å²) in [6.45, 7) is 5.15. The number of aromatic nitrogens is 4. The zero-order valence-corrected chi connectivity index (χ0v) is 11.1. The minimum atomic E-state index is 0.730. The van der Waals surface area contributed by atoms with Crippen LogP contribution >= 0.6 is 0 Å². The molecule has 0 fully saturated rings. The molecule has 0 saturated carbocycles. The van der Waals surface area contributed by atoms with Crippen LogP contribution in [0.1, 0.15) is 26.0 Å². The summed E-state index contributed by atoms with van der Waals surface area (Å²) >= 11 is 0. The summed E-state index contributed by atoms with van der Waals surface area (Å²) in [6, 6.07) is 2.01. The average molecular weight is 245 g/mol. The minimum absolute atomic E-state index is 0.730. The third-order valence-electron chi connectivity index (χ3n) is 2.74. The maximum atomic E-state index is 4.55. The van der Waals surface area contributed by atoms with Gasteiger partial charge in [0.15, 0.2) is 5.82 Å². The second-order valence-corrected chi connectivity index (χ2v) is 4.24. The fraction of sp³-hybridized carbons (Fsp3) is 0.462. The molecule has 0 amide bonds. The molecule has 2 aromatic rings. The fourth-order valence-corrected chi connectivity index (χ4v) is 1.71. The van der Waals surface area contributed by atoms with Crippen molar-refractivity contribution < 1.29 is 0 Å². The zero-order valence-electron chi connectivity index (χ0n) is 11.1. The van der Waals surface area contributed by atoms with Gasteiger partial charge in [-0.2, -0.15) is 0 Å². The van der Waals surface area contributed by atoms with Gasteiger partial charge >= 0.3 is 0 Å². The lowest BCUT2D eigenvalue weighted by molar-refractivity contribution is 0.896. The second kappa shape index (κ2) is 5.62. The van der Waals surface area contributed by atoms with E-state index in [1.165, 1.54) is 0 Å². The number of anilines is 1. The Kier molecular flexibility index (Phi) is 3.92. The van der Waals surface area contributed by atoms with Crippen molar-refractivity contribution in [3.05, 3.63) is 24.3 Å². The number of hydrogen-bond donors (Lipinski definition) is 1. The Labute approximate surface area is 107 Å². The molecule has 0 bridgehead atoms. The van der Waals surface area contributed by atoms with Gasteiger partial charge in [-0.05, 0) is 12.8 Å². The molecule has 0 spiro atoms. The molecule has 5 nitrogen and oxygen atoms in total. The molecule has 18 heavy (non-hydrogen) atoms. The molecule has 0 unspecified atom stereocenters. The molecule has 0 radical (unpaired) electrons. The summed E-state index contributed by atoms with van der Waals surface area (Å²) in [5.41, 5.74) is 1.98. The first-order valence-corrected chi connectivity index (χ1v) is 6.33. The number of imidazole rings is 1. The van der Waals surface area contributed by atoms with Crippen molar-refractivity contribution in [1.29, 1.82) is 0 Å². The SMILES string of the molecule is CCCNc1cc(CC)nc(-c2cncn2C)n1. The molecule has 96 valence electrons. The Morgan fingerprint density at radius 2 is 2.11 bits per heavy atom. The smallest absolute Gasteiger partial charge is 0.180 e. The van der Waals surface area contributed by atoms with Crippen molar-refractivity contribution in [2.45, 2.75) is 26.7 Å². The van der Waals surface area contributed by atoms with E-state index in [1.54, 1.807) is 12.5 Å². The molecular weight excluding hydrogens is 226 g/mol. The Bertz CT molecular complexity index is 518. The quantitative estimate of drug-likeness (QED) is 0.878.